The maximum absolute atomic E-state index is 5.41. The summed E-state index contributed by atoms with van der Waals surface area (Å²) in [4.78, 5) is 17.8. The Balaban J connectivity index is 1.58. The number of anilines is 1. The molecule has 1 aromatic carbocycles. The molecule has 0 saturated heterocycles. The van der Waals surface area contributed by atoms with E-state index >= 15 is 0 Å². The van der Waals surface area contributed by atoms with Gasteiger partial charge in [0, 0.05) is 35.3 Å². The second kappa shape index (κ2) is 7.96. The highest BCUT2D eigenvalue weighted by Crippen LogP contribution is 2.23. The van der Waals surface area contributed by atoms with E-state index in [0.717, 1.165) is 29.1 Å². The largest absolute Gasteiger partial charge is 0.360 e. The van der Waals surface area contributed by atoms with E-state index in [9.17, 15) is 0 Å². The first kappa shape index (κ1) is 17.8. The Morgan fingerprint density at radius 1 is 0.964 bits per heavy atom. The van der Waals surface area contributed by atoms with Crippen LogP contribution in [0.4, 0.5) is 5.82 Å². The average molecular weight is 372 g/mol. The zero-order valence-corrected chi connectivity index (χ0v) is 15.7. The second-order valence-corrected chi connectivity index (χ2v) is 6.35. The summed E-state index contributed by atoms with van der Waals surface area (Å²) in [5.41, 5.74) is 2.77. The Hall–Kier alpha value is -3.61. The van der Waals surface area contributed by atoms with Gasteiger partial charge in [0.15, 0.2) is 11.6 Å². The minimum atomic E-state index is -0.175. The number of pyridine rings is 1. The summed E-state index contributed by atoms with van der Waals surface area (Å²) in [6.45, 7) is 4.04. The van der Waals surface area contributed by atoms with Crippen LogP contribution in [0.3, 0.4) is 0 Å². The van der Waals surface area contributed by atoms with Gasteiger partial charge in [0.1, 0.15) is 5.82 Å². The lowest BCUT2D eigenvalue weighted by molar-refractivity contribution is 0.419. The van der Waals surface area contributed by atoms with Crippen molar-refractivity contribution in [3.63, 3.8) is 0 Å². The van der Waals surface area contributed by atoms with Gasteiger partial charge in [-0.1, -0.05) is 30.3 Å². The van der Waals surface area contributed by atoms with Gasteiger partial charge in [0.2, 0.25) is 0 Å². The fourth-order valence-electron chi connectivity index (χ4n) is 2.78. The van der Waals surface area contributed by atoms with Gasteiger partial charge in [-0.05, 0) is 37.6 Å². The number of hydrogen-bond donors (Lipinski definition) is 1. The molecule has 4 aromatic rings. The Kier molecular flexibility index (Phi) is 5.05. The molecule has 140 valence electrons. The summed E-state index contributed by atoms with van der Waals surface area (Å²) in [5.74, 6) is 2.45. The number of aryl methyl sites for hydroxylation is 1. The molecule has 0 spiro atoms. The SMILES string of the molecule is CCc1cc(NC(C)c2noc(-c3ccccc3)n2)nc(-c2ccncc2)n1. The topological polar surface area (TPSA) is 89.6 Å². The van der Waals surface area contributed by atoms with Crippen LogP contribution >= 0.6 is 0 Å². The Bertz CT molecular complexity index is 1050. The molecule has 3 heterocycles. The molecule has 7 heteroatoms. The van der Waals surface area contributed by atoms with E-state index in [0.29, 0.717) is 17.5 Å². The van der Waals surface area contributed by atoms with E-state index in [4.69, 9.17) is 4.52 Å². The van der Waals surface area contributed by atoms with Crippen LogP contribution in [0, 0.1) is 0 Å². The zero-order valence-electron chi connectivity index (χ0n) is 15.7. The first-order chi connectivity index (χ1) is 13.7. The molecule has 0 aliphatic carbocycles. The number of benzene rings is 1. The summed E-state index contributed by atoms with van der Waals surface area (Å²) >= 11 is 0. The van der Waals surface area contributed by atoms with Gasteiger partial charge in [0.25, 0.3) is 5.89 Å². The average Bonchev–Trinajstić information content (AvgIpc) is 3.25. The lowest BCUT2D eigenvalue weighted by atomic mass is 10.2. The summed E-state index contributed by atoms with van der Waals surface area (Å²) in [6, 6.07) is 15.3. The third kappa shape index (κ3) is 3.88. The molecule has 1 unspecified atom stereocenters. The summed E-state index contributed by atoms with van der Waals surface area (Å²) in [7, 11) is 0. The Labute approximate surface area is 162 Å². The highest BCUT2D eigenvalue weighted by atomic mass is 16.5. The molecule has 1 N–H and O–H groups in total. The van der Waals surface area contributed by atoms with Gasteiger partial charge in [-0.2, -0.15) is 4.98 Å². The van der Waals surface area contributed by atoms with E-state index in [-0.39, 0.29) is 6.04 Å². The van der Waals surface area contributed by atoms with Crippen molar-refractivity contribution < 1.29 is 4.52 Å². The molecule has 0 fully saturated rings. The van der Waals surface area contributed by atoms with Gasteiger partial charge < -0.3 is 9.84 Å². The Morgan fingerprint density at radius 3 is 2.50 bits per heavy atom. The van der Waals surface area contributed by atoms with E-state index in [1.165, 1.54) is 0 Å². The third-order valence-electron chi connectivity index (χ3n) is 4.29. The first-order valence-electron chi connectivity index (χ1n) is 9.17. The van der Waals surface area contributed by atoms with Gasteiger partial charge >= 0.3 is 0 Å². The van der Waals surface area contributed by atoms with Crippen molar-refractivity contribution in [1.29, 1.82) is 0 Å². The molecule has 0 bridgehead atoms. The number of nitrogens with one attached hydrogen (secondary N) is 1. The molecule has 0 amide bonds. The van der Waals surface area contributed by atoms with Crippen LogP contribution in [0.5, 0.6) is 0 Å². The molecule has 0 saturated carbocycles. The maximum atomic E-state index is 5.41. The maximum Gasteiger partial charge on any atom is 0.257 e. The summed E-state index contributed by atoms with van der Waals surface area (Å²) in [6.07, 6.45) is 4.28. The van der Waals surface area contributed by atoms with Crippen molar-refractivity contribution >= 4 is 5.82 Å². The second-order valence-electron chi connectivity index (χ2n) is 6.35. The molecule has 7 nitrogen and oxygen atoms in total. The van der Waals surface area contributed by atoms with E-state index < -0.39 is 0 Å². The van der Waals surface area contributed by atoms with Gasteiger partial charge in [-0.15, -0.1) is 0 Å². The fraction of sp³-hybridized carbons (Fsp3) is 0.190. The molecule has 28 heavy (non-hydrogen) atoms. The molecule has 0 aliphatic rings. The van der Waals surface area contributed by atoms with Crippen molar-refractivity contribution in [2.24, 2.45) is 0 Å². The molecular weight excluding hydrogens is 352 g/mol. The molecule has 4 rings (SSSR count). The van der Waals surface area contributed by atoms with Crippen LogP contribution in [-0.4, -0.2) is 25.1 Å². The van der Waals surface area contributed by atoms with Crippen molar-refractivity contribution in [3.05, 3.63) is 72.4 Å². The number of hydrogen-bond acceptors (Lipinski definition) is 7. The minimum absolute atomic E-state index is 0.175. The predicted octanol–water partition coefficient (Wildman–Crippen LogP) is 4.32. The smallest absolute Gasteiger partial charge is 0.257 e. The molecule has 3 aromatic heterocycles. The normalized spacial score (nSPS) is 11.9. The first-order valence-corrected chi connectivity index (χ1v) is 9.17. The van der Waals surface area contributed by atoms with E-state index in [2.05, 4.69) is 37.3 Å². The number of aromatic nitrogens is 5. The zero-order chi connectivity index (χ0) is 19.3. The fourth-order valence-corrected chi connectivity index (χ4v) is 2.78. The van der Waals surface area contributed by atoms with Crippen molar-refractivity contribution in [1.82, 2.24) is 25.1 Å². The number of nitrogens with zero attached hydrogens (tertiary/aromatic N) is 5. The van der Waals surface area contributed by atoms with Crippen molar-refractivity contribution in [2.45, 2.75) is 26.3 Å². The quantitative estimate of drug-likeness (QED) is 0.539. The molecule has 1 atom stereocenters. The third-order valence-corrected chi connectivity index (χ3v) is 4.29. The van der Waals surface area contributed by atoms with Crippen molar-refractivity contribution in [2.75, 3.05) is 5.32 Å². The predicted molar refractivity (Wildman–Crippen MR) is 106 cm³/mol. The van der Waals surface area contributed by atoms with Crippen LogP contribution in [0.1, 0.15) is 31.4 Å². The minimum Gasteiger partial charge on any atom is -0.360 e. The lowest BCUT2D eigenvalue weighted by Crippen LogP contribution is -2.11. The van der Waals surface area contributed by atoms with Crippen molar-refractivity contribution in [3.8, 4) is 22.8 Å². The van der Waals surface area contributed by atoms with Crippen LogP contribution < -0.4 is 5.32 Å². The van der Waals surface area contributed by atoms with Gasteiger partial charge in [-0.25, -0.2) is 9.97 Å². The van der Waals surface area contributed by atoms with Gasteiger partial charge in [-0.3, -0.25) is 4.98 Å². The summed E-state index contributed by atoms with van der Waals surface area (Å²) < 4.78 is 5.41. The van der Waals surface area contributed by atoms with Gasteiger partial charge in [0.05, 0.1) is 6.04 Å². The van der Waals surface area contributed by atoms with Crippen LogP contribution in [0.2, 0.25) is 0 Å². The van der Waals surface area contributed by atoms with Crippen LogP contribution in [-0.2, 0) is 6.42 Å². The monoisotopic (exact) mass is 372 g/mol. The van der Waals surface area contributed by atoms with E-state index in [1.54, 1.807) is 12.4 Å². The highest BCUT2D eigenvalue weighted by Gasteiger charge is 2.16. The standard InChI is InChI=1S/C21H20N6O/c1-3-17-13-18(25-20(24-17)15-9-11-22-12-10-15)23-14(2)19-26-21(28-27-19)16-7-5-4-6-8-16/h4-14H,3H2,1-2H3,(H,23,24,25). The highest BCUT2D eigenvalue weighted by molar-refractivity contribution is 5.57. The number of rotatable bonds is 6. The molecular formula is C21H20N6O. The lowest BCUT2D eigenvalue weighted by Gasteiger charge is -2.13. The Morgan fingerprint density at radius 2 is 1.75 bits per heavy atom. The molecule has 0 aliphatic heterocycles. The van der Waals surface area contributed by atoms with Crippen LogP contribution in [0.15, 0.2) is 65.4 Å². The molecule has 0 radical (unpaired) electrons. The summed E-state index contributed by atoms with van der Waals surface area (Å²) in [5, 5.41) is 7.47. The van der Waals surface area contributed by atoms with E-state index in [1.807, 2.05) is 55.5 Å². The van der Waals surface area contributed by atoms with Crippen LogP contribution in [0.25, 0.3) is 22.8 Å².